The molecule has 3 aromatic rings. The van der Waals surface area contributed by atoms with Crippen molar-refractivity contribution < 1.29 is 27.8 Å². The van der Waals surface area contributed by atoms with Crippen molar-refractivity contribution in [2.24, 2.45) is 5.92 Å². The number of aromatic nitrogens is 3. The maximum Gasteiger partial charge on any atom is 0.508 e. The van der Waals surface area contributed by atoms with E-state index in [1.807, 2.05) is 30.3 Å². The Balaban J connectivity index is 1.40. The molecular formula is C22H21F2N3O4. The molecule has 0 amide bonds. The fraction of sp³-hybridized carbons (Fsp3) is 0.318. The van der Waals surface area contributed by atoms with Crippen LogP contribution in [-0.4, -0.2) is 34.1 Å². The van der Waals surface area contributed by atoms with Crippen molar-refractivity contribution in [1.82, 2.24) is 14.8 Å². The minimum atomic E-state index is -1.09. The third-order valence-electron chi connectivity index (χ3n) is 5.16. The lowest BCUT2D eigenvalue weighted by Crippen LogP contribution is -2.32. The van der Waals surface area contributed by atoms with Crippen LogP contribution in [0.1, 0.15) is 17.5 Å². The Morgan fingerprint density at radius 2 is 2.03 bits per heavy atom. The zero-order valence-corrected chi connectivity index (χ0v) is 16.6. The Labute approximate surface area is 177 Å². The Morgan fingerprint density at radius 1 is 1.19 bits per heavy atom. The maximum atomic E-state index is 14.6. The standard InChI is InChI=1S/C22H21F2N3O4/c23-18-6-7-19(20(24)8-18)22(13-27-15-25-14-26-27)9-17(12-31-22)11-30-21(28)29-10-16-4-2-1-3-5-16/h1-8,14-15,17H,9-13H2/t17-,22-/m1/s1. The van der Waals surface area contributed by atoms with Crippen molar-refractivity contribution in [1.29, 1.82) is 0 Å². The number of hydrogen-bond donors (Lipinski definition) is 0. The molecule has 0 bridgehead atoms. The summed E-state index contributed by atoms with van der Waals surface area (Å²) in [5.41, 5.74) is -0.0196. The fourth-order valence-electron chi connectivity index (χ4n) is 3.73. The average Bonchev–Trinajstić information content (AvgIpc) is 3.42. The molecule has 1 aromatic heterocycles. The zero-order valence-electron chi connectivity index (χ0n) is 16.6. The first-order chi connectivity index (χ1) is 15.0. The Kier molecular flexibility index (Phi) is 6.22. The highest BCUT2D eigenvalue weighted by atomic mass is 19.1. The summed E-state index contributed by atoms with van der Waals surface area (Å²) in [4.78, 5) is 15.8. The van der Waals surface area contributed by atoms with Crippen LogP contribution in [0.3, 0.4) is 0 Å². The van der Waals surface area contributed by atoms with E-state index < -0.39 is 23.4 Å². The van der Waals surface area contributed by atoms with Gasteiger partial charge in [-0.15, -0.1) is 0 Å². The maximum absolute atomic E-state index is 14.6. The van der Waals surface area contributed by atoms with Crippen LogP contribution in [-0.2, 0) is 33.0 Å². The number of nitrogens with zero attached hydrogens (tertiary/aromatic N) is 3. The third kappa shape index (κ3) is 5.05. The van der Waals surface area contributed by atoms with Gasteiger partial charge in [0.05, 0.1) is 13.2 Å². The van der Waals surface area contributed by atoms with Crippen molar-refractivity contribution >= 4 is 6.16 Å². The molecule has 0 radical (unpaired) electrons. The van der Waals surface area contributed by atoms with Crippen LogP contribution < -0.4 is 0 Å². The van der Waals surface area contributed by atoms with Gasteiger partial charge in [-0.1, -0.05) is 36.4 Å². The van der Waals surface area contributed by atoms with E-state index in [0.29, 0.717) is 6.42 Å². The summed E-state index contributed by atoms with van der Waals surface area (Å²) in [6.07, 6.45) is 2.43. The van der Waals surface area contributed by atoms with E-state index in [0.717, 1.165) is 11.6 Å². The molecule has 0 saturated carbocycles. The van der Waals surface area contributed by atoms with Gasteiger partial charge in [0.2, 0.25) is 0 Å². The Morgan fingerprint density at radius 3 is 2.77 bits per heavy atom. The second kappa shape index (κ2) is 9.22. The van der Waals surface area contributed by atoms with Gasteiger partial charge in [0.1, 0.15) is 43.1 Å². The lowest BCUT2D eigenvalue weighted by atomic mass is 9.87. The summed E-state index contributed by atoms with van der Waals surface area (Å²) >= 11 is 0. The molecule has 0 N–H and O–H groups in total. The highest BCUT2D eigenvalue weighted by Crippen LogP contribution is 2.41. The molecule has 1 aliphatic rings. The summed E-state index contributed by atoms with van der Waals surface area (Å²) in [7, 11) is 0. The SMILES string of the molecule is O=C(OCc1ccccc1)OC[C@@H]1CO[C@](Cn2cncn2)(c2ccc(F)cc2F)C1. The number of rotatable bonds is 7. The Bertz CT molecular complexity index is 1020. The van der Waals surface area contributed by atoms with E-state index in [4.69, 9.17) is 14.2 Å². The van der Waals surface area contributed by atoms with Crippen LogP contribution in [0.5, 0.6) is 0 Å². The number of ether oxygens (including phenoxy) is 3. The number of carbonyl (C=O) groups is 1. The van der Waals surface area contributed by atoms with Gasteiger partial charge in [0, 0.05) is 17.5 Å². The van der Waals surface area contributed by atoms with Crippen LogP contribution in [0.4, 0.5) is 13.6 Å². The van der Waals surface area contributed by atoms with Crippen molar-refractivity contribution in [2.45, 2.75) is 25.2 Å². The van der Waals surface area contributed by atoms with Crippen LogP contribution in [0.25, 0.3) is 0 Å². The van der Waals surface area contributed by atoms with Crippen LogP contribution >= 0.6 is 0 Å². The predicted octanol–water partition coefficient (Wildman–Crippen LogP) is 3.84. The zero-order chi connectivity index (χ0) is 21.7. The predicted molar refractivity (Wildman–Crippen MR) is 105 cm³/mol. The molecule has 4 rings (SSSR count). The molecule has 162 valence electrons. The van der Waals surface area contributed by atoms with Crippen LogP contribution in [0, 0.1) is 17.6 Å². The van der Waals surface area contributed by atoms with Gasteiger partial charge in [0.25, 0.3) is 0 Å². The molecule has 0 spiro atoms. The van der Waals surface area contributed by atoms with Crippen LogP contribution in [0.15, 0.2) is 61.2 Å². The second-order valence-corrected chi connectivity index (χ2v) is 7.43. The first-order valence-corrected chi connectivity index (χ1v) is 9.79. The van der Waals surface area contributed by atoms with E-state index in [1.54, 1.807) is 0 Å². The number of hydrogen-bond acceptors (Lipinski definition) is 6. The number of benzene rings is 2. The normalized spacial score (nSPS) is 20.5. The summed E-state index contributed by atoms with van der Waals surface area (Å²) in [5.74, 6) is -1.57. The van der Waals surface area contributed by atoms with E-state index in [9.17, 15) is 13.6 Å². The lowest BCUT2D eigenvalue weighted by molar-refractivity contribution is -0.0211. The van der Waals surface area contributed by atoms with Crippen molar-refractivity contribution in [3.63, 3.8) is 0 Å². The molecular weight excluding hydrogens is 408 g/mol. The molecule has 0 aliphatic carbocycles. The van der Waals surface area contributed by atoms with E-state index in [-0.39, 0.29) is 37.8 Å². The summed E-state index contributed by atoms with van der Waals surface area (Å²) in [6.45, 7) is 0.579. The van der Waals surface area contributed by atoms with Gasteiger partial charge < -0.3 is 14.2 Å². The topological polar surface area (TPSA) is 75.5 Å². The molecule has 2 aromatic carbocycles. The van der Waals surface area contributed by atoms with Gasteiger partial charge in [-0.3, -0.25) is 0 Å². The van der Waals surface area contributed by atoms with E-state index in [2.05, 4.69) is 10.1 Å². The first kappa shape index (κ1) is 20.9. The quantitative estimate of drug-likeness (QED) is 0.531. The van der Waals surface area contributed by atoms with Gasteiger partial charge in [-0.05, 0) is 18.1 Å². The van der Waals surface area contributed by atoms with Gasteiger partial charge in [-0.2, -0.15) is 5.10 Å². The van der Waals surface area contributed by atoms with E-state index in [1.165, 1.54) is 29.5 Å². The molecule has 31 heavy (non-hydrogen) atoms. The third-order valence-corrected chi connectivity index (χ3v) is 5.16. The minimum Gasteiger partial charge on any atom is -0.434 e. The number of halogens is 2. The molecule has 2 heterocycles. The highest BCUT2D eigenvalue weighted by Gasteiger charge is 2.44. The summed E-state index contributed by atoms with van der Waals surface area (Å²) in [6, 6.07) is 12.6. The summed E-state index contributed by atoms with van der Waals surface area (Å²) < 4.78 is 45.9. The average molecular weight is 429 g/mol. The first-order valence-electron chi connectivity index (χ1n) is 9.79. The van der Waals surface area contributed by atoms with Crippen molar-refractivity contribution in [3.8, 4) is 0 Å². The molecule has 1 saturated heterocycles. The Hall–Kier alpha value is -3.33. The molecule has 2 atom stereocenters. The smallest absolute Gasteiger partial charge is 0.434 e. The van der Waals surface area contributed by atoms with Crippen molar-refractivity contribution in [3.05, 3.63) is 83.9 Å². The van der Waals surface area contributed by atoms with Gasteiger partial charge in [-0.25, -0.2) is 23.2 Å². The minimum absolute atomic E-state index is 0.0511. The number of carbonyl (C=O) groups excluding carboxylic acids is 1. The van der Waals surface area contributed by atoms with Crippen molar-refractivity contribution in [2.75, 3.05) is 13.2 Å². The molecule has 0 unspecified atom stereocenters. The lowest BCUT2D eigenvalue weighted by Gasteiger charge is -2.29. The second-order valence-electron chi connectivity index (χ2n) is 7.43. The molecule has 1 fully saturated rings. The molecule has 7 nitrogen and oxygen atoms in total. The summed E-state index contributed by atoms with van der Waals surface area (Å²) in [5, 5.41) is 4.07. The van der Waals surface area contributed by atoms with E-state index >= 15 is 0 Å². The molecule has 1 aliphatic heterocycles. The highest BCUT2D eigenvalue weighted by molar-refractivity contribution is 5.59. The largest absolute Gasteiger partial charge is 0.508 e. The van der Waals surface area contributed by atoms with Crippen LogP contribution in [0.2, 0.25) is 0 Å². The van der Waals surface area contributed by atoms with Gasteiger partial charge >= 0.3 is 6.16 Å². The molecule has 9 heteroatoms. The monoisotopic (exact) mass is 429 g/mol. The van der Waals surface area contributed by atoms with Gasteiger partial charge in [0.15, 0.2) is 0 Å². The fourth-order valence-corrected chi connectivity index (χ4v) is 3.73.